The van der Waals surface area contributed by atoms with Crippen LogP contribution in [0, 0.1) is 11.3 Å². The highest BCUT2D eigenvalue weighted by atomic mass is 35.5. The summed E-state index contributed by atoms with van der Waals surface area (Å²) in [6, 6.07) is 22.3. The minimum atomic E-state index is -1.69. The summed E-state index contributed by atoms with van der Waals surface area (Å²) in [5.41, 5.74) is 3.91. The number of rotatable bonds is 10. The number of carboxylic acids is 1. The summed E-state index contributed by atoms with van der Waals surface area (Å²) in [5.74, 6) is -0.956. The van der Waals surface area contributed by atoms with E-state index in [0.717, 1.165) is 11.3 Å². The van der Waals surface area contributed by atoms with E-state index in [4.69, 9.17) is 28.3 Å². The summed E-state index contributed by atoms with van der Waals surface area (Å²) in [5, 5.41) is 34.2. The molecular formula is C32H33Cl2N5O4. The van der Waals surface area contributed by atoms with Gasteiger partial charge in [0.25, 0.3) is 5.91 Å². The molecule has 1 aliphatic rings. The van der Waals surface area contributed by atoms with Crippen LogP contribution in [-0.4, -0.2) is 47.2 Å². The number of hydrogen-bond donors (Lipinski definition) is 4. The Morgan fingerprint density at radius 3 is 2.26 bits per heavy atom. The van der Waals surface area contributed by atoms with E-state index in [0.29, 0.717) is 39.7 Å². The van der Waals surface area contributed by atoms with Crippen molar-refractivity contribution in [1.29, 1.82) is 5.26 Å². The molecule has 1 fully saturated rings. The van der Waals surface area contributed by atoms with Gasteiger partial charge in [-0.15, -0.1) is 0 Å². The minimum Gasteiger partial charge on any atom is -0.479 e. The molecule has 4 rings (SSSR count). The molecule has 3 aromatic rings. The number of hydrogen-bond acceptors (Lipinski definition) is 5. The predicted molar refractivity (Wildman–Crippen MR) is 169 cm³/mol. The number of halogens is 2. The third kappa shape index (κ3) is 9.19. The Balaban J connectivity index is 1.62. The molecule has 0 unspecified atom stereocenters. The van der Waals surface area contributed by atoms with E-state index < -0.39 is 24.5 Å². The third-order valence-electron chi connectivity index (χ3n) is 7.25. The summed E-state index contributed by atoms with van der Waals surface area (Å²) in [4.78, 5) is 29.8. The van der Waals surface area contributed by atoms with Gasteiger partial charge in [0, 0.05) is 27.0 Å². The van der Waals surface area contributed by atoms with E-state index in [9.17, 15) is 20.0 Å². The summed E-state index contributed by atoms with van der Waals surface area (Å²) in [6.45, 7) is -0.152. The lowest BCUT2D eigenvalue weighted by molar-refractivity contribution is -0.146. The molecule has 0 aliphatic heterocycles. The van der Waals surface area contributed by atoms with Gasteiger partial charge in [0.2, 0.25) is 5.96 Å². The fourth-order valence-electron chi connectivity index (χ4n) is 5.03. The number of aliphatic imine (C=N–C) groups is 1. The molecule has 0 aromatic heterocycles. The topological polar surface area (TPSA) is 138 Å². The lowest BCUT2D eigenvalue weighted by atomic mass is 9.84. The number of amides is 1. The number of nitrogens with zero attached hydrogens (tertiary/aromatic N) is 3. The molecule has 1 amide bonds. The van der Waals surface area contributed by atoms with E-state index >= 15 is 0 Å². The van der Waals surface area contributed by atoms with Crippen LogP contribution in [0.15, 0.2) is 71.7 Å². The maximum atomic E-state index is 12.5. The van der Waals surface area contributed by atoms with E-state index in [1.807, 2.05) is 17.0 Å². The molecule has 4 N–H and O–H groups in total. The number of carbonyl (C=O) groups excluding carboxylic acids is 1. The Morgan fingerprint density at radius 2 is 1.65 bits per heavy atom. The lowest BCUT2D eigenvalue weighted by Gasteiger charge is -2.28. The molecular weight excluding hydrogens is 589 g/mol. The fourth-order valence-corrected chi connectivity index (χ4v) is 5.56. The molecule has 224 valence electrons. The molecule has 43 heavy (non-hydrogen) atoms. The van der Waals surface area contributed by atoms with Crippen LogP contribution in [0.5, 0.6) is 0 Å². The molecule has 9 nitrogen and oxygen atoms in total. The largest absolute Gasteiger partial charge is 0.479 e. The van der Waals surface area contributed by atoms with Crippen molar-refractivity contribution in [2.24, 2.45) is 4.99 Å². The molecule has 11 heteroatoms. The molecule has 0 spiro atoms. The fraction of sp³-hybridized carbons (Fsp3) is 0.312. The van der Waals surface area contributed by atoms with Crippen LogP contribution in [0.4, 0.5) is 11.4 Å². The highest BCUT2D eigenvalue weighted by Crippen LogP contribution is 2.34. The van der Waals surface area contributed by atoms with Crippen molar-refractivity contribution < 1.29 is 19.8 Å². The first kappa shape index (κ1) is 31.8. The molecule has 0 heterocycles. The zero-order valence-electron chi connectivity index (χ0n) is 23.5. The maximum Gasteiger partial charge on any atom is 0.334 e. The van der Waals surface area contributed by atoms with Crippen molar-refractivity contribution in [1.82, 2.24) is 5.32 Å². The Hall–Kier alpha value is -4.10. The number of benzene rings is 3. The van der Waals surface area contributed by atoms with E-state index in [2.05, 4.69) is 33.8 Å². The molecule has 0 saturated heterocycles. The molecule has 1 atom stereocenters. The number of anilines is 2. The lowest BCUT2D eigenvalue weighted by Crippen LogP contribution is -2.37. The van der Waals surface area contributed by atoms with Crippen molar-refractivity contribution >= 4 is 52.4 Å². The number of carboxylic acid groups (broad SMARTS) is 1. The standard InChI is InChI=1S/C32H33Cl2N5O4/c33-25-16-26(34)18-27(17-25)38-32(36-15-14-35)39(28-12-10-23(11-13-28)22-4-2-1-3-5-22)20-21-6-8-24(9-7-21)30(41)37-19-29(40)31(42)43/h6-13,16-18,22,29,40H,1-5,15,19-20H2,(H,36,38)(H,37,41)(H,42,43)/t29-/m1/s1. The Labute approximate surface area is 260 Å². The van der Waals surface area contributed by atoms with Crippen molar-refractivity contribution in [2.75, 3.05) is 23.3 Å². The Kier molecular flexibility index (Phi) is 11.4. The summed E-state index contributed by atoms with van der Waals surface area (Å²) < 4.78 is 0. The van der Waals surface area contributed by atoms with Crippen LogP contribution < -0.4 is 15.5 Å². The first-order valence-corrected chi connectivity index (χ1v) is 14.8. The van der Waals surface area contributed by atoms with Gasteiger partial charge in [-0.25, -0.2) is 9.79 Å². The van der Waals surface area contributed by atoms with Gasteiger partial charge in [0.05, 0.1) is 19.2 Å². The predicted octanol–water partition coefficient (Wildman–Crippen LogP) is 6.21. The van der Waals surface area contributed by atoms with Crippen molar-refractivity contribution in [2.45, 2.75) is 50.7 Å². The number of guanidine groups is 1. The number of carbonyl (C=O) groups is 2. The van der Waals surface area contributed by atoms with Gasteiger partial charge in [-0.3, -0.25) is 4.79 Å². The van der Waals surface area contributed by atoms with Gasteiger partial charge < -0.3 is 25.7 Å². The summed E-state index contributed by atoms with van der Waals surface area (Å²) in [7, 11) is 0. The van der Waals surface area contributed by atoms with Crippen LogP contribution in [0.25, 0.3) is 0 Å². The summed E-state index contributed by atoms with van der Waals surface area (Å²) in [6.07, 6.45) is 4.45. The van der Waals surface area contributed by atoms with Crippen LogP contribution in [0.3, 0.4) is 0 Å². The van der Waals surface area contributed by atoms with Gasteiger partial charge in [-0.1, -0.05) is 66.7 Å². The second-order valence-corrected chi connectivity index (χ2v) is 11.2. The van der Waals surface area contributed by atoms with Gasteiger partial charge in [-0.2, -0.15) is 5.26 Å². The number of aliphatic hydroxyl groups excluding tert-OH is 1. The molecule has 1 aliphatic carbocycles. The van der Waals surface area contributed by atoms with Gasteiger partial charge in [-0.05, 0) is 72.4 Å². The average Bonchev–Trinajstić information content (AvgIpc) is 3.01. The van der Waals surface area contributed by atoms with Crippen molar-refractivity contribution in [3.63, 3.8) is 0 Å². The average molecular weight is 623 g/mol. The van der Waals surface area contributed by atoms with E-state index in [-0.39, 0.29) is 6.54 Å². The number of nitriles is 1. The van der Waals surface area contributed by atoms with E-state index in [1.54, 1.807) is 42.5 Å². The maximum absolute atomic E-state index is 12.5. The molecule has 1 saturated carbocycles. The Bertz CT molecular complexity index is 1460. The first-order valence-electron chi connectivity index (χ1n) is 14.0. The third-order valence-corrected chi connectivity index (χ3v) is 7.69. The second kappa shape index (κ2) is 15.4. The monoisotopic (exact) mass is 621 g/mol. The number of aliphatic carboxylic acids is 1. The highest BCUT2D eigenvalue weighted by molar-refractivity contribution is 6.35. The molecule has 0 bridgehead atoms. The van der Waals surface area contributed by atoms with E-state index in [1.165, 1.54) is 37.7 Å². The van der Waals surface area contributed by atoms with Crippen LogP contribution in [0.1, 0.15) is 59.5 Å². The SMILES string of the molecule is N#CC/N=C(/Nc1cc(Cl)cc(Cl)c1)N(Cc1ccc(C(=O)NC[C@@H](O)C(=O)O)cc1)c1ccc(C2CCCCC2)cc1. The van der Waals surface area contributed by atoms with Gasteiger partial charge in [0.15, 0.2) is 6.10 Å². The minimum absolute atomic E-state index is 0.0887. The van der Waals surface area contributed by atoms with Crippen LogP contribution >= 0.6 is 23.2 Å². The zero-order valence-corrected chi connectivity index (χ0v) is 25.0. The van der Waals surface area contributed by atoms with Gasteiger partial charge >= 0.3 is 5.97 Å². The zero-order chi connectivity index (χ0) is 30.8. The normalized spacial score (nSPS) is 14.4. The highest BCUT2D eigenvalue weighted by Gasteiger charge is 2.20. The Morgan fingerprint density at radius 1 is 1.00 bits per heavy atom. The van der Waals surface area contributed by atoms with Gasteiger partial charge in [0.1, 0.15) is 6.54 Å². The van der Waals surface area contributed by atoms with Crippen molar-refractivity contribution in [3.8, 4) is 6.07 Å². The quantitative estimate of drug-likeness (QED) is 0.120. The smallest absolute Gasteiger partial charge is 0.334 e. The first-order chi connectivity index (χ1) is 20.7. The summed E-state index contributed by atoms with van der Waals surface area (Å²) >= 11 is 12.5. The number of aliphatic hydroxyl groups is 1. The van der Waals surface area contributed by atoms with Crippen molar-refractivity contribution in [3.05, 3.63) is 93.5 Å². The molecule has 0 radical (unpaired) electrons. The van der Waals surface area contributed by atoms with Crippen LogP contribution in [0.2, 0.25) is 10.0 Å². The second-order valence-electron chi connectivity index (χ2n) is 10.4. The number of nitrogens with one attached hydrogen (secondary N) is 2. The van der Waals surface area contributed by atoms with Crippen LogP contribution in [-0.2, 0) is 11.3 Å². The molecule has 3 aromatic carbocycles.